The van der Waals surface area contributed by atoms with Crippen molar-refractivity contribution in [2.45, 2.75) is 59.0 Å². The molecule has 0 heterocycles. The summed E-state index contributed by atoms with van der Waals surface area (Å²) in [5, 5.41) is 0. The van der Waals surface area contributed by atoms with Crippen molar-refractivity contribution in [1.82, 2.24) is 4.90 Å². The van der Waals surface area contributed by atoms with Crippen LogP contribution in [0.4, 0.5) is 0 Å². The molecule has 0 aliphatic heterocycles. The van der Waals surface area contributed by atoms with Gasteiger partial charge in [-0.05, 0) is 52.8 Å². The maximum Gasteiger partial charge on any atom is 0.0307 e. The molecule has 0 spiro atoms. The van der Waals surface area contributed by atoms with Crippen LogP contribution >= 0.6 is 0 Å². The first-order valence-corrected chi connectivity index (χ1v) is 7.48. The smallest absolute Gasteiger partial charge is 0.0307 e. The Hall–Kier alpha value is -0.860. The van der Waals surface area contributed by atoms with Crippen LogP contribution < -0.4 is 5.73 Å². The highest BCUT2D eigenvalue weighted by molar-refractivity contribution is 5.30. The largest absolute Gasteiger partial charge is 0.324 e. The fourth-order valence-corrected chi connectivity index (χ4v) is 2.59. The SMILES string of the molecule is CCCC(C)N(C)CCC(N)c1cc(C)cc(C)c1. The van der Waals surface area contributed by atoms with E-state index < -0.39 is 0 Å². The van der Waals surface area contributed by atoms with Crippen LogP contribution in [0.5, 0.6) is 0 Å². The Morgan fingerprint density at radius 3 is 2.21 bits per heavy atom. The molecule has 108 valence electrons. The van der Waals surface area contributed by atoms with E-state index in [2.05, 4.69) is 57.8 Å². The summed E-state index contributed by atoms with van der Waals surface area (Å²) in [6, 6.07) is 7.43. The van der Waals surface area contributed by atoms with E-state index in [1.807, 2.05) is 0 Å². The molecule has 2 unspecified atom stereocenters. The van der Waals surface area contributed by atoms with Gasteiger partial charge in [-0.1, -0.05) is 42.7 Å². The number of aryl methyl sites for hydroxylation is 2. The number of hydrogen-bond donors (Lipinski definition) is 1. The van der Waals surface area contributed by atoms with Crippen molar-refractivity contribution in [3.8, 4) is 0 Å². The first-order valence-electron chi connectivity index (χ1n) is 7.48. The Morgan fingerprint density at radius 2 is 1.68 bits per heavy atom. The van der Waals surface area contributed by atoms with Crippen LogP contribution in [0.3, 0.4) is 0 Å². The highest BCUT2D eigenvalue weighted by atomic mass is 15.1. The molecule has 0 aromatic heterocycles. The monoisotopic (exact) mass is 262 g/mol. The summed E-state index contributed by atoms with van der Waals surface area (Å²) in [4.78, 5) is 2.42. The molecule has 1 aromatic carbocycles. The maximum absolute atomic E-state index is 6.33. The molecule has 0 aliphatic carbocycles. The molecule has 1 rings (SSSR count). The minimum atomic E-state index is 0.148. The Bertz CT molecular complexity index is 367. The Balaban J connectivity index is 2.53. The van der Waals surface area contributed by atoms with Gasteiger partial charge in [-0.2, -0.15) is 0 Å². The zero-order valence-electron chi connectivity index (χ0n) is 13.2. The molecule has 2 N–H and O–H groups in total. The fraction of sp³-hybridized carbons (Fsp3) is 0.647. The summed E-state index contributed by atoms with van der Waals surface area (Å²) in [7, 11) is 2.20. The standard InChI is InChI=1S/C17H30N2/c1-6-7-15(4)19(5)9-8-17(18)16-11-13(2)10-14(3)12-16/h10-12,15,17H,6-9,18H2,1-5H3. The third-order valence-corrected chi connectivity index (χ3v) is 3.92. The summed E-state index contributed by atoms with van der Waals surface area (Å²) in [5.41, 5.74) is 10.2. The lowest BCUT2D eigenvalue weighted by Gasteiger charge is -2.26. The number of rotatable bonds is 7. The lowest BCUT2D eigenvalue weighted by Crippen LogP contribution is -2.31. The van der Waals surface area contributed by atoms with Gasteiger partial charge in [-0.3, -0.25) is 0 Å². The van der Waals surface area contributed by atoms with E-state index in [4.69, 9.17) is 5.73 Å². The molecule has 2 heteroatoms. The summed E-state index contributed by atoms with van der Waals surface area (Å²) < 4.78 is 0. The molecule has 2 atom stereocenters. The molecule has 0 saturated heterocycles. The summed E-state index contributed by atoms with van der Waals surface area (Å²) in [6.07, 6.45) is 3.53. The van der Waals surface area contributed by atoms with Crippen LogP contribution in [-0.4, -0.2) is 24.5 Å². The fourth-order valence-electron chi connectivity index (χ4n) is 2.59. The third kappa shape index (κ3) is 5.33. The van der Waals surface area contributed by atoms with E-state index in [1.54, 1.807) is 0 Å². The normalized spacial score (nSPS) is 14.7. The summed E-state index contributed by atoms with van der Waals surface area (Å²) in [5.74, 6) is 0. The van der Waals surface area contributed by atoms with E-state index in [0.29, 0.717) is 6.04 Å². The molecule has 1 aromatic rings. The van der Waals surface area contributed by atoms with Crippen LogP contribution in [0.25, 0.3) is 0 Å². The van der Waals surface area contributed by atoms with Crippen LogP contribution in [0, 0.1) is 13.8 Å². The number of hydrogen-bond acceptors (Lipinski definition) is 2. The zero-order chi connectivity index (χ0) is 14.4. The molecule has 0 amide bonds. The quantitative estimate of drug-likeness (QED) is 0.809. The minimum Gasteiger partial charge on any atom is -0.324 e. The van der Waals surface area contributed by atoms with Crippen molar-refractivity contribution < 1.29 is 0 Å². The first-order chi connectivity index (χ1) is 8.93. The van der Waals surface area contributed by atoms with Crippen molar-refractivity contribution in [3.63, 3.8) is 0 Å². The molecular formula is C17H30N2. The maximum atomic E-state index is 6.33. The van der Waals surface area contributed by atoms with Crippen molar-refractivity contribution >= 4 is 0 Å². The van der Waals surface area contributed by atoms with Gasteiger partial charge < -0.3 is 10.6 Å². The van der Waals surface area contributed by atoms with Gasteiger partial charge >= 0.3 is 0 Å². The van der Waals surface area contributed by atoms with Crippen LogP contribution in [-0.2, 0) is 0 Å². The lowest BCUT2D eigenvalue weighted by molar-refractivity contribution is 0.236. The van der Waals surface area contributed by atoms with Crippen molar-refractivity contribution in [3.05, 3.63) is 34.9 Å². The van der Waals surface area contributed by atoms with Crippen LogP contribution in [0.15, 0.2) is 18.2 Å². The number of nitrogens with two attached hydrogens (primary N) is 1. The third-order valence-electron chi connectivity index (χ3n) is 3.92. The number of benzene rings is 1. The first kappa shape index (κ1) is 16.2. The van der Waals surface area contributed by atoms with Gasteiger partial charge in [0.25, 0.3) is 0 Å². The Kier molecular flexibility index (Phi) is 6.53. The predicted octanol–water partition coefficient (Wildman–Crippen LogP) is 3.81. The van der Waals surface area contributed by atoms with E-state index in [1.165, 1.54) is 29.5 Å². The summed E-state index contributed by atoms with van der Waals surface area (Å²) >= 11 is 0. The van der Waals surface area contributed by atoms with Gasteiger partial charge in [0.1, 0.15) is 0 Å². The van der Waals surface area contributed by atoms with Gasteiger partial charge in [0.15, 0.2) is 0 Å². The highest BCUT2D eigenvalue weighted by Crippen LogP contribution is 2.18. The summed E-state index contributed by atoms with van der Waals surface area (Å²) in [6.45, 7) is 9.88. The van der Waals surface area contributed by atoms with Gasteiger partial charge in [0.2, 0.25) is 0 Å². The van der Waals surface area contributed by atoms with Crippen molar-refractivity contribution in [2.24, 2.45) is 5.73 Å². The zero-order valence-corrected chi connectivity index (χ0v) is 13.2. The second-order valence-corrected chi connectivity index (χ2v) is 5.93. The van der Waals surface area contributed by atoms with E-state index >= 15 is 0 Å². The van der Waals surface area contributed by atoms with E-state index in [9.17, 15) is 0 Å². The molecule has 2 nitrogen and oxygen atoms in total. The second kappa shape index (κ2) is 7.66. The highest BCUT2D eigenvalue weighted by Gasteiger charge is 2.12. The van der Waals surface area contributed by atoms with E-state index in [0.717, 1.165) is 13.0 Å². The van der Waals surface area contributed by atoms with Crippen LogP contribution in [0.2, 0.25) is 0 Å². The van der Waals surface area contributed by atoms with E-state index in [-0.39, 0.29) is 6.04 Å². The topological polar surface area (TPSA) is 29.3 Å². The van der Waals surface area contributed by atoms with Crippen LogP contribution in [0.1, 0.15) is 55.8 Å². The molecule has 0 bridgehead atoms. The van der Waals surface area contributed by atoms with Crippen molar-refractivity contribution in [1.29, 1.82) is 0 Å². The Labute approximate surface area is 119 Å². The number of nitrogens with zero attached hydrogens (tertiary/aromatic N) is 1. The molecule has 0 radical (unpaired) electrons. The molecule has 0 aliphatic rings. The molecule has 19 heavy (non-hydrogen) atoms. The van der Waals surface area contributed by atoms with Gasteiger partial charge in [0, 0.05) is 12.1 Å². The molecular weight excluding hydrogens is 232 g/mol. The van der Waals surface area contributed by atoms with Crippen molar-refractivity contribution in [2.75, 3.05) is 13.6 Å². The Morgan fingerprint density at radius 1 is 1.11 bits per heavy atom. The predicted molar refractivity (Wildman–Crippen MR) is 84.5 cm³/mol. The molecule has 0 fully saturated rings. The second-order valence-electron chi connectivity index (χ2n) is 5.93. The van der Waals surface area contributed by atoms with Gasteiger partial charge in [-0.15, -0.1) is 0 Å². The van der Waals surface area contributed by atoms with Gasteiger partial charge in [0.05, 0.1) is 0 Å². The minimum absolute atomic E-state index is 0.148. The lowest BCUT2D eigenvalue weighted by atomic mass is 9.99. The molecule has 0 saturated carbocycles. The van der Waals surface area contributed by atoms with Gasteiger partial charge in [-0.25, -0.2) is 0 Å². The average Bonchev–Trinajstić information content (AvgIpc) is 2.34. The average molecular weight is 262 g/mol.